The van der Waals surface area contributed by atoms with Crippen LogP contribution in [0, 0.1) is 5.82 Å². The van der Waals surface area contributed by atoms with Crippen molar-refractivity contribution in [2.45, 2.75) is 19.9 Å². The van der Waals surface area contributed by atoms with Gasteiger partial charge in [0.15, 0.2) is 5.65 Å². The SMILES string of the molecule is COc1ccc(-n2nc3nc(N4CCN(C(C)C)CC4)nc(-c4ccc(F)c(Cl)c4)c3c2N)cc1. The van der Waals surface area contributed by atoms with Crippen LogP contribution in [0.5, 0.6) is 5.75 Å². The highest BCUT2D eigenvalue weighted by atomic mass is 35.5. The fraction of sp³-hybridized carbons (Fsp3) is 0.320. The Hall–Kier alpha value is -3.43. The molecule has 0 atom stereocenters. The van der Waals surface area contributed by atoms with Gasteiger partial charge in [-0.15, -0.1) is 5.10 Å². The number of halogens is 2. The maximum Gasteiger partial charge on any atom is 0.228 e. The van der Waals surface area contributed by atoms with Crippen molar-refractivity contribution in [2.24, 2.45) is 0 Å². The van der Waals surface area contributed by atoms with Crippen molar-refractivity contribution in [1.29, 1.82) is 0 Å². The van der Waals surface area contributed by atoms with Crippen molar-refractivity contribution in [3.63, 3.8) is 0 Å². The number of anilines is 2. The first kappa shape index (κ1) is 23.3. The van der Waals surface area contributed by atoms with Gasteiger partial charge in [-0.2, -0.15) is 4.98 Å². The molecule has 1 saturated heterocycles. The minimum Gasteiger partial charge on any atom is -0.497 e. The quantitative estimate of drug-likeness (QED) is 0.439. The number of nitrogen functional groups attached to an aromatic ring is 1. The number of fused-ring (bicyclic) bond motifs is 1. The van der Waals surface area contributed by atoms with Crippen molar-refractivity contribution >= 4 is 34.4 Å². The largest absolute Gasteiger partial charge is 0.497 e. The monoisotopic (exact) mass is 495 g/mol. The van der Waals surface area contributed by atoms with E-state index in [1.165, 1.54) is 6.07 Å². The van der Waals surface area contributed by atoms with Gasteiger partial charge in [0.1, 0.15) is 17.4 Å². The Bertz CT molecular complexity index is 1360. The molecule has 0 amide bonds. The Balaban J connectivity index is 1.65. The molecule has 5 rings (SSSR count). The van der Waals surface area contributed by atoms with E-state index in [1.807, 2.05) is 24.3 Å². The van der Waals surface area contributed by atoms with Gasteiger partial charge in [0.2, 0.25) is 5.95 Å². The van der Waals surface area contributed by atoms with E-state index in [0.29, 0.717) is 40.1 Å². The molecule has 1 aliphatic heterocycles. The van der Waals surface area contributed by atoms with E-state index in [1.54, 1.807) is 23.9 Å². The Morgan fingerprint density at radius 3 is 2.37 bits per heavy atom. The minimum atomic E-state index is -0.493. The average Bonchev–Trinajstić information content (AvgIpc) is 3.21. The molecular formula is C25H27ClFN7O. The van der Waals surface area contributed by atoms with Crippen LogP contribution in [0.2, 0.25) is 5.02 Å². The first-order valence-corrected chi connectivity index (χ1v) is 11.9. The molecule has 0 radical (unpaired) electrons. The lowest BCUT2D eigenvalue weighted by molar-refractivity contribution is 0.208. The second-order valence-electron chi connectivity index (χ2n) is 8.81. The molecule has 182 valence electrons. The molecule has 2 N–H and O–H groups in total. The van der Waals surface area contributed by atoms with Gasteiger partial charge in [-0.25, -0.2) is 14.1 Å². The Morgan fingerprint density at radius 2 is 1.74 bits per heavy atom. The van der Waals surface area contributed by atoms with E-state index in [0.717, 1.165) is 37.6 Å². The molecule has 1 fully saturated rings. The van der Waals surface area contributed by atoms with Crippen LogP contribution in [0.15, 0.2) is 42.5 Å². The van der Waals surface area contributed by atoms with Gasteiger partial charge < -0.3 is 15.4 Å². The summed E-state index contributed by atoms with van der Waals surface area (Å²) in [4.78, 5) is 14.3. The Kier molecular flexibility index (Phi) is 6.21. The predicted octanol–water partition coefficient (Wildman–Crippen LogP) is 4.40. The molecular weight excluding hydrogens is 469 g/mol. The molecule has 1 aliphatic rings. The number of hydrogen-bond donors (Lipinski definition) is 1. The first-order valence-electron chi connectivity index (χ1n) is 11.5. The number of benzene rings is 2. The molecule has 0 aliphatic carbocycles. The molecule has 2 aromatic heterocycles. The molecule has 4 aromatic rings. The van der Waals surface area contributed by atoms with Crippen molar-refractivity contribution in [2.75, 3.05) is 43.9 Å². The van der Waals surface area contributed by atoms with Gasteiger partial charge in [-0.3, -0.25) is 4.90 Å². The number of nitrogens with zero attached hydrogens (tertiary/aromatic N) is 6. The van der Waals surface area contributed by atoms with Crippen LogP contribution >= 0.6 is 11.6 Å². The Morgan fingerprint density at radius 1 is 1.03 bits per heavy atom. The van der Waals surface area contributed by atoms with E-state index >= 15 is 0 Å². The van der Waals surface area contributed by atoms with Crippen LogP contribution < -0.4 is 15.4 Å². The minimum absolute atomic E-state index is 0.0162. The first-order chi connectivity index (χ1) is 16.9. The fourth-order valence-electron chi connectivity index (χ4n) is 4.35. The van der Waals surface area contributed by atoms with Crippen LogP contribution in [-0.4, -0.2) is 64.0 Å². The van der Waals surface area contributed by atoms with Crippen molar-refractivity contribution < 1.29 is 9.13 Å². The lowest BCUT2D eigenvalue weighted by atomic mass is 10.1. The molecule has 10 heteroatoms. The molecule has 0 bridgehead atoms. The number of methoxy groups -OCH3 is 1. The summed E-state index contributed by atoms with van der Waals surface area (Å²) in [5.41, 5.74) is 9.02. The molecule has 2 aromatic carbocycles. The second-order valence-corrected chi connectivity index (χ2v) is 9.22. The average molecular weight is 496 g/mol. The number of piperazine rings is 1. The van der Waals surface area contributed by atoms with Gasteiger partial charge in [0, 0.05) is 37.8 Å². The third kappa shape index (κ3) is 4.37. The normalized spacial score (nSPS) is 14.7. The molecule has 0 spiro atoms. The highest BCUT2D eigenvalue weighted by Crippen LogP contribution is 2.35. The Labute approximate surface area is 208 Å². The van der Waals surface area contributed by atoms with Gasteiger partial charge >= 0.3 is 0 Å². The standard InChI is InChI=1S/C25H27ClFN7O/c1-15(2)32-10-12-33(13-11-32)25-29-22(16-4-9-20(27)19(26)14-16)21-23(28)34(31-24(21)30-25)17-5-7-18(35-3)8-6-17/h4-9,14-15H,10-13,28H2,1-3H3. The molecule has 35 heavy (non-hydrogen) atoms. The van der Waals surface area contributed by atoms with Crippen LogP contribution in [0.4, 0.5) is 16.2 Å². The third-order valence-electron chi connectivity index (χ3n) is 6.39. The van der Waals surface area contributed by atoms with E-state index in [2.05, 4.69) is 23.6 Å². The van der Waals surface area contributed by atoms with Gasteiger partial charge in [-0.1, -0.05) is 11.6 Å². The molecule has 0 unspecified atom stereocenters. The van der Waals surface area contributed by atoms with Crippen molar-refractivity contribution in [3.05, 3.63) is 53.3 Å². The smallest absolute Gasteiger partial charge is 0.228 e. The number of hydrogen-bond acceptors (Lipinski definition) is 7. The summed E-state index contributed by atoms with van der Waals surface area (Å²) in [6.07, 6.45) is 0. The lowest BCUT2D eigenvalue weighted by Crippen LogP contribution is -2.49. The van der Waals surface area contributed by atoms with Crippen LogP contribution in [-0.2, 0) is 0 Å². The van der Waals surface area contributed by atoms with Crippen molar-refractivity contribution in [3.8, 4) is 22.7 Å². The summed E-state index contributed by atoms with van der Waals surface area (Å²) >= 11 is 6.12. The summed E-state index contributed by atoms with van der Waals surface area (Å²) < 4.78 is 20.8. The highest BCUT2D eigenvalue weighted by molar-refractivity contribution is 6.31. The van der Waals surface area contributed by atoms with Gasteiger partial charge in [0.25, 0.3) is 0 Å². The highest BCUT2D eigenvalue weighted by Gasteiger charge is 2.25. The summed E-state index contributed by atoms with van der Waals surface area (Å²) in [5.74, 6) is 1.19. The molecule has 8 nitrogen and oxygen atoms in total. The maximum absolute atomic E-state index is 13.9. The zero-order chi connectivity index (χ0) is 24.7. The van der Waals surface area contributed by atoms with Crippen LogP contribution in [0.3, 0.4) is 0 Å². The maximum atomic E-state index is 13.9. The zero-order valence-corrected chi connectivity index (χ0v) is 20.6. The topological polar surface area (TPSA) is 85.3 Å². The fourth-order valence-corrected chi connectivity index (χ4v) is 4.53. The number of nitrogens with two attached hydrogens (primary N) is 1. The summed E-state index contributed by atoms with van der Waals surface area (Å²) in [6.45, 7) is 7.81. The predicted molar refractivity (Wildman–Crippen MR) is 137 cm³/mol. The van der Waals surface area contributed by atoms with Crippen LogP contribution in [0.25, 0.3) is 28.0 Å². The van der Waals surface area contributed by atoms with E-state index in [-0.39, 0.29) is 5.02 Å². The number of aromatic nitrogens is 4. The summed E-state index contributed by atoms with van der Waals surface area (Å²) in [7, 11) is 1.61. The third-order valence-corrected chi connectivity index (χ3v) is 6.68. The van der Waals surface area contributed by atoms with Gasteiger partial charge in [-0.05, 0) is 56.3 Å². The summed E-state index contributed by atoms with van der Waals surface area (Å²) in [6, 6.07) is 12.4. The van der Waals surface area contributed by atoms with E-state index in [4.69, 9.17) is 37.1 Å². The van der Waals surface area contributed by atoms with Crippen molar-refractivity contribution in [1.82, 2.24) is 24.6 Å². The lowest BCUT2D eigenvalue weighted by Gasteiger charge is -2.36. The molecule has 0 saturated carbocycles. The second kappa shape index (κ2) is 9.31. The summed E-state index contributed by atoms with van der Waals surface area (Å²) in [5, 5.41) is 5.33. The molecule has 3 heterocycles. The van der Waals surface area contributed by atoms with Gasteiger partial charge in [0.05, 0.1) is 28.9 Å². The van der Waals surface area contributed by atoms with Crippen LogP contribution in [0.1, 0.15) is 13.8 Å². The van der Waals surface area contributed by atoms with E-state index in [9.17, 15) is 4.39 Å². The van der Waals surface area contributed by atoms with E-state index < -0.39 is 5.82 Å². The number of ether oxygens (including phenoxy) is 1. The zero-order valence-electron chi connectivity index (χ0n) is 19.9. The number of rotatable bonds is 5.